The highest BCUT2D eigenvalue weighted by molar-refractivity contribution is 6.00. The third-order valence-electron chi connectivity index (χ3n) is 5.50. The highest BCUT2D eigenvalue weighted by atomic mass is 16.5. The standard InChI is InChI=1S/C25H25N5O4/c1-32-22-11-9-18(16-23(22)33-2)8-10-21(31)20(17-26)24-27-28-25(29-12-14-34-15-13-29)30(24)19-6-4-3-5-7-19/h3-11,16,20H,12-15H2,1-2H3/b10-8+. The number of anilines is 1. The molecule has 1 aromatic heterocycles. The first-order valence-electron chi connectivity index (χ1n) is 10.8. The Labute approximate surface area is 197 Å². The van der Waals surface area contributed by atoms with Crippen molar-refractivity contribution in [2.24, 2.45) is 0 Å². The first-order chi connectivity index (χ1) is 16.7. The molecule has 0 bridgehead atoms. The van der Waals surface area contributed by atoms with Crippen molar-refractivity contribution in [1.82, 2.24) is 14.8 Å². The summed E-state index contributed by atoms with van der Waals surface area (Å²) in [6.07, 6.45) is 3.02. The van der Waals surface area contributed by atoms with E-state index in [2.05, 4.69) is 16.3 Å². The minimum atomic E-state index is -1.13. The normalized spacial score (nSPS) is 14.6. The zero-order chi connectivity index (χ0) is 23.9. The molecule has 0 spiro atoms. The van der Waals surface area contributed by atoms with Crippen LogP contribution in [0.5, 0.6) is 11.5 Å². The van der Waals surface area contributed by atoms with Crippen molar-refractivity contribution in [1.29, 1.82) is 5.26 Å². The Kier molecular flexibility index (Phi) is 7.20. The van der Waals surface area contributed by atoms with Gasteiger partial charge in [-0.25, -0.2) is 0 Å². The lowest BCUT2D eigenvalue weighted by atomic mass is 10.0. The number of carbonyl (C=O) groups is 1. The van der Waals surface area contributed by atoms with Crippen LogP contribution in [0, 0.1) is 11.3 Å². The van der Waals surface area contributed by atoms with Crippen LogP contribution in [0.15, 0.2) is 54.6 Å². The second-order valence-electron chi connectivity index (χ2n) is 7.54. The quantitative estimate of drug-likeness (QED) is 0.474. The van der Waals surface area contributed by atoms with Crippen molar-refractivity contribution in [3.05, 3.63) is 66.0 Å². The smallest absolute Gasteiger partial charge is 0.232 e. The molecule has 0 aliphatic carbocycles. The number of nitriles is 1. The molecule has 1 atom stereocenters. The maximum Gasteiger partial charge on any atom is 0.232 e. The van der Waals surface area contributed by atoms with Crippen LogP contribution in [0.25, 0.3) is 11.8 Å². The Balaban J connectivity index is 1.67. The molecule has 9 heteroatoms. The summed E-state index contributed by atoms with van der Waals surface area (Å²) >= 11 is 0. The van der Waals surface area contributed by atoms with Crippen LogP contribution in [0.3, 0.4) is 0 Å². The number of hydrogen-bond acceptors (Lipinski definition) is 8. The lowest BCUT2D eigenvalue weighted by molar-refractivity contribution is -0.115. The average molecular weight is 460 g/mol. The SMILES string of the molecule is COc1ccc(/C=C/C(=O)C(C#N)c2nnc(N3CCOCC3)n2-c2ccccc2)cc1OC. The van der Waals surface area contributed by atoms with Crippen molar-refractivity contribution in [3.8, 4) is 23.3 Å². The molecule has 0 N–H and O–H groups in total. The molecular weight excluding hydrogens is 434 g/mol. The van der Waals surface area contributed by atoms with Crippen LogP contribution in [-0.2, 0) is 9.53 Å². The van der Waals surface area contributed by atoms with Crippen LogP contribution in [0.1, 0.15) is 17.3 Å². The maximum atomic E-state index is 13.1. The number of morpholine rings is 1. The molecule has 2 aromatic carbocycles. The number of ketones is 1. The number of carbonyl (C=O) groups excluding carboxylic acids is 1. The van der Waals surface area contributed by atoms with Gasteiger partial charge in [0.2, 0.25) is 5.95 Å². The summed E-state index contributed by atoms with van der Waals surface area (Å²) in [6.45, 7) is 2.45. The maximum absolute atomic E-state index is 13.1. The third-order valence-corrected chi connectivity index (χ3v) is 5.50. The van der Waals surface area contributed by atoms with Crippen LogP contribution in [0.4, 0.5) is 5.95 Å². The van der Waals surface area contributed by atoms with Gasteiger partial charge in [-0.05, 0) is 35.9 Å². The fourth-order valence-corrected chi connectivity index (χ4v) is 3.75. The zero-order valence-corrected chi connectivity index (χ0v) is 19.0. The highest BCUT2D eigenvalue weighted by Gasteiger charge is 2.29. The number of rotatable bonds is 8. The zero-order valence-electron chi connectivity index (χ0n) is 19.0. The second-order valence-corrected chi connectivity index (χ2v) is 7.54. The van der Waals surface area contributed by atoms with Crippen molar-refractivity contribution in [2.75, 3.05) is 45.4 Å². The summed E-state index contributed by atoms with van der Waals surface area (Å²) in [6, 6.07) is 16.9. The lowest BCUT2D eigenvalue weighted by Crippen LogP contribution is -2.38. The minimum absolute atomic E-state index is 0.275. The fraction of sp³-hybridized carbons (Fsp3) is 0.280. The van der Waals surface area contributed by atoms with E-state index in [1.165, 1.54) is 6.08 Å². The van der Waals surface area contributed by atoms with E-state index in [4.69, 9.17) is 14.2 Å². The van der Waals surface area contributed by atoms with Gasteiger partial charge < -0.3 is 19.1 Å². The van der Waals surface area contributed by atoms with Gasteiger partial charge in [0.05, 0.1) is 39.2 Å². The van der Waals surface area contributed by atoms with E-state index >= 15 is 0 Å². The number of benzene rings is 2. The van der Waals surface area contributed by atoms with Gasteiger partial charge in [-0.1, -0.05) is 30.3 Å². The Bertz CT molecular complexity index is 1210. The molecule has 9 nitrogen and oxygen atoms in total. The molecule has 1 aliphatic heterocycles. The van der Waals surface area contributed by atoms with Gasteiger partial charge in [0.25, 0.3) is 0 Å². The Morgan fingerprint density at radius 3 is 2.50 bits per heavy atom. The minimum Gasteiger partial charge on any atom is -0.493 e. The van der Waals surface area contributed by atoms with E-state index in [1.54, 1.807) is 43.1 Å². The van der Waals surface area contributed by atoms with Crippen molar-refractivity contribution in [3.63, 3.8) is 0 Å². The molecule has 34 heavy (non-hydrogen) atoms. The van der Waals surface area contributed by atoms with Gasteiger partial charge in [0, 0.05) is 13.1 Å². The van der Waals surface area contributed by atoms with Crippen molar-refractivity contribution in [2.45, 2.75) is 5.92 Å². The number of ether oxygens (including phenoxy) is 3. The summed E-state index contributed by atoms with van der Waals surface area (Å²) in [5.74, 6) is 0.480. The highest BCUT2D eigenvalue weighted by Crippen LogP contribution is 2.29. The topological polar surface area (TPSA) is 103 Å². The summed E-state index contributed by atoms with van der Waals surface area (Å²) in [5, 5.41) is 18.6. The van der Waals surface area contributed by atoms with E-state index in [0.29, 0.717) is 43.8 Å². The molecule has 0 radical (unpaired) electrons. The molecule has 2 heterocycles. The molecule has 1 saturated heterocycles. The average Bonchev–Trinajstić information content (AvgIpc) is 3.33. The van der Waals surface area contributed by atoms with E-state index < -0.39 is 11.7 Å². The fourth-order valence-electron chi connectivity index (χ4n) is 3.75. The summed E-state index contributed by atoms with van der Waals surface area (Å²) in [5.41, 5.74) is 1.52. The number of aromatic nitrogens is 3. The van der Waals surface area contributed by atoms with Crippen LogP contribution in [-0.4, -0.2) is 61.1 Å². The lowest BCUT2D eigenvalue weighted by Gasteiger charge is -2.28. The summed E-state index contributed by atoms with van der Waals surface area (Å²) in [4.78, 5) is 15.2. The molecule has 1 fully saturated rings. The van der Waals surface area contributed by atoms with E-state index in [-0.39, 0.29) is 5.82 Å². The van der Waals surface area contributed by atoms with Crippen LogP contribution < -0.4 is 14.4 Å². The first-order valence-corrected chi connectivity index (χ1v) is 10.8. The van der Waals surface area contributed by atoms with Crippen LogP contribution in [0.2, 0.25) is 0 Å². The second kappa shape index (κ2) is 10.6. The number of nitrogens with zero attached hydrogens (tertiary/aromatic N) is 5. The van der Waals surface area contributed by atoms with Gasteiger partial charge in [0.1, 0.15) is 0 Å². The van der Waals surface area contributed by atoms with Gasteiger partial charge >= 0.3 is 0 Å². The van der Waals surface area contributed by atoms with Gasteiger partial charge in [-0.3, -0.25) is 9.36 Å². The van der Waals surface area contributed by atoms with Gasteiger partial charge in [0.15, 0.2) is 29.0 Å². The Hall–Kier alpha value is -4.16. The van der Waals surface area contributed by atoms with Gasteiger partial charge in [-0.2, -0.15) is 5.26 Å². The Morgan fingerprint density at radius 1 is 1.09 bits per heavy atom. The van der Waals surface area contributed by atoms with E-state index in [9.17, 15) is 10.1 Å². The largest absolute Gasteiger partial charge is 0.493 e. The first kappa shape index (κ1) is 23.0. The molecule has 1 unspecified atom stereocenters. The van der Waals surface area contributed by atoms with Crippen molar-refractivity contribution >= 4 is 17.8 Å². The van der Waals surface area contributed by atoms with E-state index in [0.717, 1.165) is 11.3 Å². The third kappa shape index (κ3) is 4.77. The molecule has 0 amide bonds. The molecule has 0 saturated carbocycles. The number of hydrogen-bond donors (Lipinski definition) is 0. The summed E-state index contributed by atoms with van der Waals surface area (Å²) < 4.78 is 17.8. The Morgan fingerprint density at radius 2 is 1.82 bits per heavy atom. The van der Waals surface area contributed by atoms with Crippen LogP contribution >= 0.6 is 0 Å². The molecular formula is C25H25N5O4. The number of allylic oxidation sites excluding steroid dienone is 1. The van der Waals surface area contributed by atoms with Gasteiger partial charge in [-0.15, -0.1) is 10.2 Å². The summed E-state index contributed by atoms with van der Waals surface area (Å²) in [7, 11) is 3.10. The van der Waals surface area contributed by atoms with Crippen molar-refractivity contribution < 1.29 is 19.0 Å². The molecule has 4 rings (SSSR count). The predicted molar refractivity (Wildman–Crippen MR) is 126 cm³/mol. The molecule has 1 aliphatic rings. The predicted octanol–water partition coefficient (Wildman–Crippen LogP) is 3.01. The monoisotopic (exact) mass is 459 g/mol. The molecule has 3 aromatic rings. The number of methoxy groups -OCH3 is 2. The molecule has 174 valence electrons. The number of para-hydroxylation sites is 1. The van der Waals surface area contributed by atoms with E-state index in [1.807, 2.05) is 35.2 Å².